The SMILES string of the molecule is Cn1ccnc1C(CCc1ccccc1)OC(=O)CCc1ccco1. The summed E-state index contributed by atoms with van der Waals surface area (Å²) < 4.78 is 12.9. The Bertz CT molecular complexity index is 778. The van der Waals surface area contributed by atoms with Crippen molar-refractivity contribution in [1.82, 2.24) is 9.55 Å². The molecule has 1 aromatic carbocycles. The zero-order valence-corrected chi connectivity index (χ0v) is 14.3. The molecule has 1 unspecified atom stereocenters. The van der Waals surface area contributed by atoms with Crippen molar-refractivity contribution in [3.05, 3.63) is 78.3 Å². The van der Waals surface area contributed by atoms with E-state index >= 15 is 0 Å². The zero-order valence-electron chi connectivity index (χ0n) is 14.3. The number of carbonyl (C=O) groups excluding carboxylic acids is 1. The molecule has 1 atom stereocenters. The van der Waals surface area contributed by atoms with Crippen molar-refractivity contribution >= 4 is 5.97 Å². The van der Waals surface area contributed by atoms with Crippen molar-refractivity contribution in [2.75, 3.05) is 0 Å². The number of furan rings is 1. The van der Waals surface area contributed by atoms with Crippen molar-refractivity contribution in [1.29, 1.82) is 0 Å². The van der Waals surface area contributed by atoms with Gasteiger partial charge in [0.2, 0.25) is 0 Å². The molecule has 0 spiro atoms. The predicted molar refractivity (Wildman–Crippen MR) is 93.8 cm³/mol. The van der Waals surface area contributed by atoms with Crippen LogP contribution in [0.2, 0.25) is 0 Å². The standard InChI is InChI=1S/C20H22N2O3/c1-22-14-13-21-20(22)18(11-9-16-6-3-2-4-7-16)25-19(23)12-10-17-8-5-15-24-17/h2-8,13-15,18H,9-12H2,1H3. The Morgan fingerprint density at radius 2 is 2.04 bits per heavy atom. The third kappa shape index (κ3) is 4.83. The number of nitrogens with zero attached hydrogens (tertiary/aromatic N) is 2. The molecule has 2 aromatic heterocycles. The van der Waals surface area contributed by atoms with Crippen LogP contribution < -0.4 is 0 Å². The Hall–Kier alpha value is -2.82. The van der Waals surface area contributed by atoms with Crippen LogP contribution in [0.1, 0.15) is 36.1 Å². The average molecular weight is 338 g/mol. The Labute approximate surface area is 147 Å². The molecular weight excluding hydrogens is 316 g/mol. The highest BCUT2D eigenvalue weighted by atomic mass is 16.5. The maximum atomic E-state index is 12.3. The van der Waals surface area contributed by atoms with Gasteiger partial charge in [-0.25, -0.2) is 4.98 Å². The first kappa shape index (κ1) is 17.0. The number of ether oxygens (including phenoxy) is 1. The van der Waals surface area contributed by atoms with Gasteiger partial charge in [0.15, 0.2) is 6.10 Å². The number of hydrogen-bond donors (Lipinski definition) is 0. The summed E-state index contributed by atoms with van der Waals surface area (Å²) in [7, 11) is 1.91. The molecular formula is C20H22N2O3. The molecule has 0 aliphatic heterocycles. The number of aromatic nitrogens is 2. The van der Waals surface area contributed by atoms with Gasteiger partial charge in [0.25, 0.3) is 0 Å². The second-order valence-electron chi connectivity index (χ2n) is 5.98. The van der Waals surface area contributed by atoms with Crippen molar-refractivity contribution in [2.45, 2.75) is 31.8 Å². The lowest BCUT2D eigenvalue weighted by molar-refractivity contribution is -0.150. The third-order valence-electron chi connectivity index (χ3n) is 4.11. The van der Waals surface area contributed by atoms with Crippen molar-refractivity contribution in [2.24, 2.45) is 7.05 Å². The summed E-state index contributed by atoms with van der Waals surface area (Å²) in [6, 6.07) is 13.9. The first-order chi connectivity index (χ1) is 12.2. The molecule has 0 radical (unpaired) electrons. The van der Waals surface area contributed by atoms with Gasteiger partial charge in [0, 0.05) is 25.9 Å². The lowest BCUT2D eigenvalue weighted by Crippen LogP contribution is -2.16. The fourth-order valence-electron chi connectivity index (χ4n) is 2.77. The van der Waals surface area contributed by atoms with E-state index in [1.807, 2.05) is 48.1 Å². The Balaban J connectivity index is 1.62. The second kappa shape index (κ2) is 8.33. The topological polar surface area (TPSA) is 57.3 Å². The maximum absolute atomic E-state index is 12.3. The van der Waals surface area contributed by atoms with Gasteiger partial charge in [-0.3, -0.25) is 4.79 Å². The highest BCUT2D eigenvalue weighted by Gasteiger charge is 2.21. The van der Waals surface area contributed by atoms with Gasteiger partial charge >= 0.3 is 5.97 Å². The lowest BCUT2D eigenvalue weighted by atomic mass is 10.1. The van der Waals surface area contributed by atoms with Crippen molar-refractivity contribution < 1.29 is 13.9 Å². The van der Waals surface area contributed by atoms with Crippen LogP contribution >= 0.6 is 0 Å². The summed E-state index contributed by atoms with van der Waals surface area (Å²) in [4.78, 5) is 16.6. The quantitative estimate of drug-likeness (QED) is 0.585. The molecule has 5 heteroatoms. The molecule has 0 aliphatic rings. The zero-order chi connectivity index (χ0) is 17.5. The van der Waals surface area contributed by atoms with E-state index in [9.17, 15) is 4.79 Å². The predicted octanol–water partition coefficient (Wildman–Crippen LogP) is 3.86. The summed E-state index contributed by atoms with van der Waals surface area (Å²) in [6.45, 7) is 0. The molecule has 0 fully saturated rings. The van der Waals surface area contributed by atoms with Gasteiger partial charge in [-0.15, -0.1) is 0 Å². The van der Waals surface area contributed by atoms with Gasteiger partial charge in [0.05, 0.1) is 12.7 Å². The molecule has 2 heterocycles. The van der Waals surface area contributed by atoms with Crippen LogP contribution in [0.5, 0.6) is 0 Å². The number of carbonyl (C=O) groups is 1. The molecule has 0 aliphatic carbocycles. The van der Waals surface area contributed by atoms with Crippen molar-refractivity contribution in [3.63, 3.8) is 0 Å². The minimum Gasteiger partial charge on any atom is -0.469 e. The number of aryl methyl sites for hydroxylation is 3. The van der Waals surface area contributed by atoms with E-state index in [1.54, 1.807) is 12.5 Å². The molecule has 0 amide bonds. The molecule has 0 bridgehead atoms. The average Bonchev–Trinajstić information content (AvgIpc) is 3.29. The smallest absolute Gasteiger partial charge is 0.306 e. The normalized spacial score (nSPS) is 12.0. The number of esters is 1. The van der Waals surface area contributed by atoms with Crippen LogP contribution in [0.15, 0.2) is 65.5 Å². The van der Waals surface area contributed by atoms with Gasteiger partial charge in [-0.2, -0.15) is 0 Å². The van der Waals surface area contributed by atoms with Gasteiger partial charge in [-0.05, 0) is 30.5 Å². The maximum Gasteiger partial charge on any atom is 0.306 e. The summed E-state index contributed by atoms with van der Waals surface area (Å²) >= 11 is 0. The Kier molecular flexibility index (Phi) is 5.67. The Morgan fingerprint density at radius 3 is 2.72 bits per heavy atom. The summed E-state index contributed by atoms with van der Waals surface area (Å²) in [6.07, 6.45) is 7.19. The number of hydrogen-bond acceptors (Lipinski definition) is 4. The third-order valence-corrected chi connectivity index (χ3v) is 4.11. The van der Waals surface area contributed by atoms with E-state index in [2.05, 4.69) is 17.1 Å². The first-order valence-corrected chi connectivity index (χ1v) is 8.45. The lowest BCUT2D eigenvalue weighted by Gasteiger charge is -2.18. The van der Waals surface area contributed by atoms with Crippen LogP contribution in [0.3, 0.4) is 0 Å². The van der Waals surface area contributed by atoms with E-state index in [-0.39, 0.29) is 12.1 Å². The van der Waals surface area contributed by atoms with Gasteiger partial charge in [-0.1, -0.05) is 30.3 Å². The summed E-state index contributed by atoms with van der Waals surface area (Å²) in [5, 5.41) is 0. The minimum absolute atomic E-state index is 0.238. The Morgan fingerprint density at radius 1 is 1.20 bits per heavy atom. The van der Waals surface area contributed by atoms with E-state index in [0.29, 0.717) is 19.3 Å². The van der Waals surface area contributed by atoms with Crippen LogP contribution in [-0.4, -0.2) is 15.5 Å². The fourth-order valence-corrected chi connectivity index (χ4v) is 2.77. The molecule has 0 saturated heterocycles. The van der Waals surface area contributed by atoms with Crippen LogP contribution in [0.25, 0.3) is 0 Å². The van der Waals surface area contributed by atoms with E-state index < -0.39 is 0 Å². The molecule has 3 rings (SSSR count). The summed E-state index contributed by atoms with van der Waals surface area (Å²) in [5.74, 6) is 1.31. The molecule has 0 saturated carbocycles. The molecule has 0 N–H and O–H groups in total. The van der Waals surface area contributed by atoms with E-state index in [4.69, 9.17) is 9.15 Å². The highest BCUT2D eigenvalue weighted by molar-refractivity contribution is 5.69. The monoisotopic (exact) mass is 338 g/mol. The second-order valence-corrected chi connectivity index (χ2v) is 5.98. The van der Waals surface area contributed by atoms with Crippen LogP contribution in [0, 0.1) is 0 Å². The highest BCUT2D eigenvalue weighted by Crippen LogP contribution is 2.22. The molecule has 25 heavy (non-hydrogen) atoms. The first-order valence-electron chi connectivity index (χ1n) is 8.45. The van der Waals surface area contributed by atoms with Gasteiger partial charge in [0.1, 0.15) is 11.6 Å². The number of benzene rings is 1. The van der Waals surface area contributed by atoms with E-state index in [1.165, 1.54) is 5.56 Å². The number of imidazole rings is 1. The van der Waals surface area contributed by atoms with Crippen molar-refractivity contribution in [3.8, 4) is 0 Å². The fraction of sp³-hybridized carbons (Fsp3) is 0.300. The molecule has 3 aromatic rings. The molecule has 130 valence electrons. The van der Waals surface area contributed by atoms with E-state index in [0.717, 1.165) is 18.0 Å². The summed E-state index contributed by atoms with van der Waals surface area (Å²) in [5.41, 5.74) is 1.22. The van der Waals surface area contributed by atoms with Crippen LogP contribution in [-0.2, 0) is 29.4 Å². The van der Waals surface area contributed by atoms with Gasteiger partial charge < -0.3 is 13.7 Å². The van der Waals surface area contributed by atoms with Crippen LogP contribution in [0.4, 0.5) is 0 Å². The number of rotatable bonds is 8. The largest absolute Gasteiger partial charge is 0.469 e. The molecule has 5 nitrogen and oxygen atoms in total. The minimum atomic E-state index is -0.357.